The van der Waals surface area contributed by atoms with Crippen molar-refractivity contribution in [3.63, 3.8) is 0 Å². The highest BCUT2D eigenvalue weighted by Crippen LogP contribution is 2.45. The van der Waals surface area contributed by atoms with E-state index in [1.807, 2.05) is 0 Å². The van der Waals surface area contributed by atoms with Crippen molar-refractivity contribution in [2.75, 3.05) is 39.6 Å². The fourth-order valence-corrected chi connectivity index (χ4v) is 12.9. The van der Waals surface area contributed by atoms with Crippen LogP contribution in [-0.4, -0.2) is 96.7 Å². The molecule has 93 heavy (non-hydrogen) atoms. The number of esters is 4. The Hall–Kier alpha value is -1.94. The summed E-state index contributed by atoms with van der Waals surface area (Å²) in [5, 5.41) is 10.6. The molecule has 0 saturated carbocycles. The van der Waals surface area contributed by atoms with Gasteiger partial charge in [0, 0.05) is 25.7 Å². The molecule has 0 aromatic carbocycles. The van der Waals surface area contributed by atoms with Crippen molar-refractivity contribution in [3.05, 3.63) is 0 Å². The van der Waals surface area contributed by atoms with Crippen molar-refractivity contribution in [1.29, 1.82) is 0 Å². The topological polar surface area (TPSA) is 237 Å². The second-order valence-electron chi connectivity index (χ2n) is 27.6. The molecule has 0 saturated heterocycles. The van der Waals surface area contributed by atoms with E-state index >= 15 is 0 Å². The van der Waals surface area contributed by atoms with Crippen molar-refractivity contribution in [2.24, 2.45) is 11.8 Å². The summed E-state index contributed by atoms with van der Waals surface area (Å²) >= 11 is 0. The summed E-state index contributed by atoms with van der Waals surface area (Å²) in [6.45, 7) is 9.50. The zero-order chi connectivity index (χ0) is 68.6. The molecule has 5 atom stereocenters. The quantitative estimate of drug-likeness (QED) is 0.0222. The van der Waals surface area contributed by atoms with Gasteiger partial charge in [0.2, 0.25) is 0 Å². The number of hydrogen-bond donors (Lipinski definition) is 3. The van der Waals surface area contributed by atoms with Gasteiger partial charge in [0.1, 0.15) is 19.3 Å². The van der Waals surface area contributed by atoms with Crippen LogP contribution in [-0.2, 0) is 65.4 Å². The van der Waals surface area contributed by atoms with E-state index in [-0.39, 0.29) is 25.7 Å². The van der Waals surface area contributed by atoms with Crippen LogP contribution in [0.5, 0.6) is 0 Å². The maximum Gasteiger partial charge on any atom is 0.472 e. The lowest BCUT2D eigenvalue weighted by molar-refractivity contribution is -0.161. The minimum atomic E-state index is -4.95. The van der Waals surface area contributed by atoms with Gasteiger partial charge in [0.05, 0.1) is 26.4 Å². The predicted octanol–water partition coefficient (Wildman–Crippen LogP) is 21.6. The second kappa shape index (κ2) is 66.0. The largest absolute Gasteiger partial charge is 0.472 e. The molecule has 552 valence electrons. The van der Waals surface area contributed by atoms with Crippen molar-refractivity contribution in [2.45, 2.75) is 400 Å². The van der Waals surface area contributed by atoms with Crippen LogP contribution in [0.1, 0.15) is 382 Å². The Kier molecular flexibility index (Phi) is 64.6. The maximum atomic E-state index is 13.1. The first-order valence-electron chi connectivity index (χ1n) is 38.5. The van der Waals surface area contributed by atoms with Crippen molar-refractivity contribution < 1.29 is 80.2 Å². The van der Waals surface area contributed by atoms with Crippen molar-refractivity contribution in [3.8, 4) is 0 Å². The van der Waals surface area contributed by atoms with Crippen LogP contribution in [0, 0.1) is 11.8 Å². The predicted molar refractivity (Wildman–Crippen MR) is 377 cm³/mol. The van der Waals surface area contributed by atoms with Gasteiger partial charge in [0.25, 0.3) is 0 Å². The molecule has 0 aromatic heterocycles. The molecule has 0 amide bonds. The number of hydrogen-bond acceptors (Lipinski definition) is 15. The Balaban J connectivity index is 5.22. The van der Waals surface area contributed by atoms with Crippen molar-refractivity contribution >= 4 is 39.5 Å². The molecule has 0 heterocycles. The molecule has 19 heteroatoms. The molecular formula is C74H144O17P2. The number of rotatable bonds is 73. The molecule has 0 aliphatic carbocycles. The molecule has 17 nitrogen and oxygen atoms in total. The van der Waals surface area contributed by atoms with Crippen LogP contribution >= 0.6 is 15.6 Å². The molecule has 0 aliphatic rings. The first-order valence-corrected chi connectivity index (χ1v) is 41.5. The van der Waals surface area contributed by atoms with E-state index in [4.69, 9.17) is 37.0 Å². The van der Waals surface area contributed by atoms with Crippen LogP contribution in [0.15, 0.2) is 0 Å². The summed E-state index contributed by atoms with van der Waals surface area (Å²) in [6, 6.07) is 0. The monoisotopic (exact) mass is 1370 g/mol. The minimum absolute atomic E-state index is 0.104. The summed E-state index contributed by atoms with van der Waals surface area (Å²) in [7, 11) is -9.91. The van der Waals surface area contributed by atoms with Gasteiger partial charge in [0.15, 0.2) is 12.2 Å². The van der Waals surface area contributed by atoms with Crippen LogP contribution in [0.3, 0.4) is 0 Å². The summed E-state index contributed by atoms with van der Waals surface area (Å²) in [4.78, 5) is 72.7. The average Bonchev–Trinajstić information content (AvgIpc) is 1.43. The van der Waals surface area contributed by atoms with E-state index in [0.29, 0.717) is 25.7 Å². The number of aliphatic hydroxyl groups is 1. The Bertz CT molecular complexity index is 1800. The number of phosphoric acid groups is 2. The lowest BCUT2D eigenvalue weighted by atomic mass is 10.0. The van der Waals surface area contributed by atoms with Crippen LogP contribution < -0.4 is 0 Å². The number of unbranched alkanes of at least 4 members (excludes halogenated alkanes) is 43. The van der Waals surface area contributed by atoms with Crippen molar-refractivity contribution in [1.82, 2.24) is 0 Å². The van der Waals surface area contributed by atoms with E-state index in [1.54, 1.807) is 0 Å². The first-order chi connectivity index (χ1) is 44.9. The first kappa shape index (κ1) is 91.1. The molecule has 0 spiro atoms. The van der Waals surface area contributed by atoms with E-state index in [2.05, 4.69) is 41.5 Å². The average molecular weight is 1370 g/mol. The second-order valence-corrected chi connectivity index (χ2v) is 30.5. The number of carbonyl (C=O) groups is 4. The molecule has 0 bridgehead atoms. The standard InChI is InChI=1S/C74H144O17P2/c1-7-9-11-13-15-17-19-21-22-23-24-25-26-27-29-31-40-46-52-58-73(78)90-69(62-84-71(76)56-50-44-38-30-28-20-18-16-14-12-10-8-2)64-88-92(80,81)86-60-68(75)61-87-93(82,83)89-65-70(91-74(79)59-53-47-41-35-33-37-43-49-55-67(5)6)63-85-72(77)57-51-45-39-34-32-36-42-48-54-66(3)4/h66-70,75H,7-65H2,1-6H3,(H,80,81)(H,82,83)/t68-,69-,70-/m1/s1. The highest BCUT2D eigenvalue weighted by atomic mass is 31.2. The molecule has 2 unspecified atom stereocenters. The molecule has 0 aromatic rings. The lowest BCUT2D eigenvalue weighted by Crippen LogP contribution is -2.30. The third-order valence-electron chi connectivity index (χ3n) is 17.2. The third kappa shape index (κ3) is 68.4. The number of aliphatic hydroxyl groups excluding tert-OH is 1. The molecule has 0 rings (SSSR count). The smallest absolute Gasteiger partial charge is 0.462 e. The van der Waals surface area contributed by atoms with Gasteiger partial charge in [-0.2, -0.15) is 0 Å². The Morgan fingerprint density at radius 3 is 0.731 bits per heavy atom. The van der Waals surface area contributed by atoms with Crippen LogP contribution in [0.25, 0.3) is 0 Å². The summed E-state index contributed by atoms with van der Waals surface area (Å²) in [6.07, 6.45) is 52.8. The van der Waals surface area contributed by atoms with E-state index < -0.39 is 97.5 Å². The van der Waals surface area contributed by atoms with E-state index in [1.165, 1.54) is 199 Å². The van der Waals surface area contributed by atoms with Crippen LogP contribution in [0.4, 0.5) is 0 Å². The van der Waals surface area contributed by atoms with Gasteiger partial charge in [-0.3, -0.25) is 37.3 Å². The van der Waals surface area contributed by atoms with Gasteiger partial charge in [-0.25, -0.2) is 9.13 Å². The van der Waals surface area contributed by atoms with E-state index in [0.717, 1.165) is 102 Å². The van der Waals surface area contributed by atoms with E-state index in [9.17, 15) is 43.2 Å². The van der Waals surface area contributed by atoms with Gasteiger partial charge >= 0.3 is 39.5 Å². The summed E-state index contributed by atoms with van der Waals surface area (Å²) in [5.74, 6) is -0.676. The summed E-state index contributed by atoms with van der Waals surface area (Å²) < 4.78 is 68.4. The fourth-order valence-electron chi connectivity index (χ4n) is 11.3. The highest BCUT2D eigenvalue weighted by Gasteiger charge is 2.30. The Labute approximate surface area is 568 Å². The SMILES string of the molecule is CCCCCCCCCCCCCCCCCCCCCC(=O)O[C@H](COC(=O)CCCCCCCCCCCCCC)COP(=O)(O)OC[C@@H](O)COP(=O)(O)OC[C@@H](COC(=O)CCCCCCCCCCC(C)C)OC(=O)CCCCCCCCCCC(C)C. The number of ether oxygens (including phenoxy) is 4. The number of phosphoric ester groups is 2. The van der Waals surface area contributed by atoms with Gasteiger partial charge < -0.3 is 33.8 Å². The molecule has 0 radical (unpaired) electrons. The zero-order valence-electron chi connectivity index (χ0n) is 60.6. The molecule has 3 N–H and O–H groups in total. The third-order valence-corrected chi connectivity index (χ3v) is 19.1. The van der Waals surface area contributed by atoms with Gasteiger partial charge in [-0.1, -0.05) is 330 Å². The Morgan fingerprint density at radius 2 is 0.495 bits per heavy atom. The molecule has 0 aliphatic heterocycles. The Morgan fingerprint density at radius 1 is 0.290 bits per heavy atom. The van der Waals surface area contributed by atoms with Gasteiger partial charge in [-0.15, -0.1) is 0 Å². The summed E-state index contributed by atoms with van der Waals surface area (Å²) in [5.41, 5.74) is 0. The maximum absolute atomic E-state index is 13.1. The highest BCUT2D eigenvalue weighted by molar-refractivity contribution is 7.47. The fraction of sp³-hybridized carbons (Fsp3) is 0.946. The lowest BCUT2D eigenvalue weighted by Gasteiger charge is -2.21. The normalized spacial score (nSPS) is 14.1. The molecular weight excluding hydrogens is 1220 g/mol. The zero-order valence-corrected chi connectivity index (χ0v) is 62.3. The van der Waals surface area contributed by atoms with Gasteiger partial charge in [-0.05, 0) is 37.5 Å². The molecule has 0 fully saturated rings. The minimum Gasteiger partial charge on any atom is -0.462 e. The van der Waals surface area contributed by atoms with Crippen LogP contribution in [0.2, 0.25) is 0 Å². The number of carbonyl (C=O) groups excluding carboxylic acids is 4.